The van der Waals surface area contributed by atoms with E-state index in [1.165, 1.54) is 24.4 Å². The molecule has 5 rings (SSSR count). The number of carbonyl (C=O) groups is 2. The van der Waals surface area contributed by atoms with Gasteiger partial charge in [0.2, 0.25) is 11.7 Å². The van der Waals surface area contributed by atoms with Crippen LogP contribution in [0.2, 0.25) is 0 Å². The van der Waals surface area contributed by atoms with E-state index in [2.05, 4.69) is 70.5 Å². The van der Waals surface area contributed by atoms with E-state index in [9.17, 15) is 9.59 Å². The van der Waals surface area contributed by atoms with Crippen molar-refractivity contribution < 1.29 is 14.0 Å². The van der Waals surface area contributed by atoms with Crippen LogP contribution in [0.15, 0.2) is 47.2 Å². The zero-order valence-corrected chi connectivity index (χ0v) is 21.5. The summed E-state index contributed by atoms with van der Waals surface area (Å²) in [5, 5.41) is 2.71. The highest BCUT2D eigenvalue weighted by Crippen LogP contribution is 2.47. The number of amides is 1. The predicted molar refractivity (Wildman–Crippen MR) is 136 cm³/mol. The number of hydrazine groups is 1. The van der Waals surface area contributed by atoms with Crippen LogP contribution in [0.3, 0.4) is 0 Å². The molecule has 1 saturated heterocycles. The van der Waals surface area contributed by atoms with Crippen molar-refractivity contribution in [1.82, 2.24) is 26.1 Å². The molecule has 1 aromatic carbocycles. The van der Waals surface area contributed by atoms with Gasteiger partial charge in [-0.2, -0.15) is 0 Å². The molecule has 2 saturated carbocycles. The van der Waals surface area contributed by atoms with Gasteiger partial charge in [-0.3, -0.25) is 25.3 Å². The molecule has 2 aliphatic carbocycles. The number of aromatic nitrogens is 1. The van der Waals surface area contributed by atoms with Crippen molar-refractivity contribution in [2.24, 2.45) is 11.8 Å². The Balaban J connectivity index is 1.26. The van der Waals surface area contributed by atoms with Crippen molar-refractivity contribution in [2.45, 2.75) is 81.5 Å². The van der Waals surface area contributed by atoms with E-state index in [-0.39, 0.29) is 35.4 Å². The maximum Gasteiger partial charge on any atom is 0.288 e. The van der Waals surface area contributed by atoms with Crippen LogP contribution >= 0.6 is 0 Å². The molecular weight excluding hydrogens is 454 g/mol. The van der Waals surface area contributed by atoms with Crippen LogP contribution in [-0.2, 0) is 21.7 Å². The third kappa shape index (κ3) is 4.99. The van der Waals surface area contributed by atoms with E-state index in [0.29, 0.717) is 11.8 Å². The minimum Gasteiger partial charge on any atom is -0.447 e. The SMILES string of the molecule is CN(C)C1(c2ccccc2)CCC2(CC1)C[C@@H](C(CC1CCC1)C(=O)C(=O)NCc1ncco1)NN2. The lowest BCUT2D eigenvalue weighted by Crippen LogP contribution is -2.53. The molecule has 2 atom stereocenters. The summed E-state index contributed by atoms with van der Waals surface area (Å²) in [4.78, 5) is 32.6. The molecule has 1 unspecified atom stereocenters. The number of nitrogens with zero attached hydrogens (tertiary/aromatic N) is 2. The second-order valence-corrected chi connectivity index (χ2v) is 11.3. The summed E-state index contributed by atoms with van der Waals surface area (Å²) in [5.74, 6) is -0.271. The first kappa shape index (κ1) is 25.1. The Hall–Kier alpha value is -2.55. The Kier molecular flexibility index (Phi) is 7.28. The van der Waals surface area contributed by atoms with Crippen LogP contribution < -0.4 is 16.2 Å². The maximum atomic E-state index is 13.4. The fraction of sp³-hybridized carbons (Fsp3) is 0.607. The van der Waals surface area contributed by atoms with Gasteiger partial charge in [-0.1, -0.05) is 49.6 Å². The number of hydrogen-bond donors (Lipinski definition) is 3. The van der Waals surface area contributed by atoms with Crippen molar-refractivity contribution >= 4 is 11.7 Å². The van der Waals surface area contributed by atoms with Crippen LogP contribution in [0.5, 0.6) is 0 Å². The summed E-state index contributed by atoms with van der Waals surface area (Å²) < 4.78 is 5.19. The van der Waals surface area contributed by atoms with E-state index >= 15 is 0 Å². The minimum atomic E-state index is -0.542. The lowest BCUT2D eigenvalue weighted by molar-refractivity contribution is -0.141. The third-order valence-electron chi connectivity index (χ3n) is 9.08. The monoisotopic (exact) mass is 493 g/mol. The smallest absolute Gasteiger partial charge is 0.288 e. The summed E-state index contributed by atoms with van der Waals surface area (Å²) in [5.41, 5.74) is 8.43. The van der Waals surface area contributed by atoms with Crippen LogP contribution in [0.4, 0.5) is 0 Å². The third-order valence-corrected chi connectivity index (χ3v) is 9.08. The summed E-state index contributed by atoms with van der Waals surface area (Å²) in [6.07, 6.45) is 12.3. The van der Waals surface area contributed by atoms with E-state index in [1.807, 2.05) is 0 Å². The van der Waals surface area contributed by atoms with Crippen molar-refractivity contribution in [1.29, 1.82) is 0 Å². The minimum absolute atomic E-state index is 0.0210. The second kappa shape index (κ2) is 10.4. The molecular formula is C28H39N5O3. The highest BCUT2D eigenvalue weighted by atomic mass is 16.3. The number of nitrogens with one attached hydrogen (secondary N) is 3. The molecule has 1 aromatic heterocycles. The van der Waals surface area contributed by atoms with Gasteiger partial charge in [0.1, 0.15) is 6.26 Å². The molecule has 0 bridgehead atoms. The summed E-state index contributed by atoms with van der Waals surface area (Å²) in [6, 6.07) is 10.8. The van der Waals surface area contributed by atoms with Crippen molar-refractivity contribution in [3.63, 3.8) is 0 Å². The fourth-order valence-electron chi connectivity index (χ4n) is 6.52. The maximum absolute atomic E-state index is 13.4. The Morgan fingerprint density at radius 3 is 2.53 bits per heavy atom. The first-order chi connectivity index (χ1) is 17.4. The summed E-state index contributed by atoms with van der Waals surface area (Å²) in [6.45, 7) is 0.125. The quantitative estimate of drug-likeness (QED) is 0.461. The molecule has 36 heavy (non-hydrogen) atoms. The largest absolute Gasteiger partial charge is 0.447 e. The van der Waals surface area contributed by atoms with Crippen LogP contribution in [0.25, 0.3) is 0 Å². The van der Waals surface area contributed by atoms with Gasteiger partial charge >= 0.3 is 0 Å². The molecule has 8 heteroatoms. The van der Waals surface area contributed by atoms with Gasteiger partial charge in [0.25, 0.3) is 5.91 Å². The lowest BCUT2D eigenvalue weighted by atomic mass is 9.66. The first-order valence-corrected chi connectivity index (χ1v) is 13.4. The summed E-state index contributed by atoms with van der Waals surface area (Å²) in [7, 11) is 4.36. The Bertz CT molecular complexity index is 1030. The van der Waals surface area contributed by atoms with Gasteiger partial charge in [0, 0.05) is 23.0 Å². The van der Waals surface area contributed by atoms with Crippen LogP contribution in [0.1, 0.15) is 69.2 Å². The van der Waals surface area contributed by atoms with Crippen LogP contribution in [-0.4, -0.2) is 47.3 Å². The van der Waals surface area contributed by atoms with E-state index < -0.39 is 5.91 Å². The molecule has 1 aliphatic heterocycles. The molecule has 3 N–H and O–H groups in total. The number of benzene rings is 1. The van der Waals surface area contributed by atoms with Crippen molar-refractivity contribution in [3.05, 3.63) is 54.2 Å². The van der Waals surface area contributed by atoms with Crippen LogP contribution in [0, 0.1) is 11.8 Å². The van der Waals surface area contributed by atoms with Gasteiger partial charge < -0.3 is 9.73 Å². The van der Waals surface area contributed by atoms with Crippen molar-refractivity contribution in [2.75, 3.05) is 14.1 Å². The highest BCUT2D eigenvalue weighted by molar-refractivity contribution is 6.37. The molecule has 8 nitrogen and oxygen atoms in total. The number of hydrogen-bond acceptors (Lipinski definition) is 7. The number of carbonyl (C=O) groups excluding carboxylic acids is 2. The van der Waals surface area contributed by atoms with Gasteiger partial charge in [-0.15, -0.1) is 0 Å². The van der Waals surface area contributed by atoms with E-state index in [0.717, 1.165) is 51.4 Å². The average molecular weight is 494 g/mol. The van der Waals surface area contributed by atoms with E-state index in [4.69, 9.17) is 4.42 Å². The Morgan fingerprint density at radius 2 is 1.92 bits per heavy atom. The van der Waals surface area contributed by atoms with Gasteiger partial charge in [-0.05, 0) is 64.1 Å². The fourth-order valence-corrected chi connectivity index (χ4v) is 6.52. The topological polar surface area (TPSA) is 99.5 Å². The van der Waals surface area contributed by atoms with Crippen molar-refractivity contribution in [3.8, 4) is 0 Å². The molecule has 1 amide bonds. The molecule has 2 aromatic rings. The molecule has 3 fully saturated rings. The zero-order valence-electron chi connectivity index (χ0n) is 21.5. The summed E-state index contributed by atoms with van der Waals surface area (Å²) >= 11 is 0. The van der Waals surface area contributed by atoms with Gasteiger partial charge in [-0.25, -0.2) is 4.98 Å². The molecule has 0 radical (unpaired) electrons. The number of Topliss-reactive ketones (excluding diaryl/α,β-unsaturated/α-hetero) is 1. The normalized spacial score (nSPS) is 29.2. The van der Waals surface area contributed by atoms with Gasteiger partial charge in [0.05, 0.1) is 12.7 Å². The Labute approximate surface area is 213 Å². The second-order valence-electron chi connectivity index (χ2n) is 11.3. The number of rotatable bonds is 9. The number of ketones is 1. The van der Waals surface area contributed by atoms with E-state index in [1.54, 1.807) is 0 Å². The van der Waals surface area contributed by atoms with Gasteiger partial charge in [0.15, 0.2) is 0 Å². The lowest BCUT2D eigenvalue weighted by Gasteiger charge is -2.49. The molecule has 1 spiro atoms. The standard InChI is InChI=1S/C28H39N5O3/c1-33(2)28(21-9-4-3-5-10-21)13-11-27(12-14-28)18-23(31-32-27)22(17-20-7-6-8-20)25(34)26(35)30-19-24-29-15-16-36-24/h3-5,9-10,15-16,20,22-23,31-32H,6-8,11-14,17-19H2,1-2H3,(H,30,35)/t22?,23-,27?,28?/m0/s1. The molecule has 3 aliphatic rings. The molecule has 194 valence electrons. The Morgan fingerprint density at radius 1 is 1.17 bits per heavy atom. The predicted octanol–water partition coefficient (Wildman–Crippen LogP) is 3.30. The first-order valence-electron chi connectivity index (χ1n) is 13.4. The zero-order chi connectivity index (χ0) is 25.2. The highest BCUT2D eigenvalue weighted by Gasteiger charge is 2.50. The number of oxazole rings is 1. The average Bonchev–Trinajstić information content (AvgIpc) is 3.53. The molecule has 2 heterocycles.